The van der Waals surface area contributed by atoms with E-state index in [0.717, 1.165) is 5.69 Å². The van der Waals surface area contributed by atoms with Gasteiger partial charge in [-0.15, -0.1) is 0 Å². The molecule has 0 amide bonds. The first-order chi connectivity index (χ1) is 8.13. The van der Waals surface area contributed by atoms with Crippen LogP contribution in [0.25, 0.3) is 5.82 Å². The van der Waals surface area contributed by atoms with Crippen molar-refractivity contribution < 1.29 is 9.53 Å². The summed E-state index contributed by atoms with van der Waals surface area (Å²) in [6, 6.07) is 1.66. The first-order valence-electron chi connectivity index (χ1n) is 5.05. The number of methoxy groups -OCH3 is 1. The second-order valence-electron chi connectivity index (χ2n) is 3.53. The Hall–Kier alpha value is -2.24. The number of ketones is 1. The highest BCUT2D eigenvalue weighted by Gasteiger charge is 2.12. The van der Waals surface area contributed by atoms with Crippen molar-refractivity contribution in [2.24, 2.45) is 0 Å². The maximum Gasteiger partial charge on any atom is 0.218 e. The monoisotopic (exact) mass is 232 g/mol. The quantitative estimate of drug-likeness (QED) is 0.743. The Morgan fingerprint density at radius 1 is 1.41 bits per heavy atom. The average Bonchev–Trinajstić information content (AvgIpc) is 2.71. The van der Waals surface area contributed by atoms with Crippen molar-refractivity contribution in [3.8, 4) is 11.7 Å². The van der Waals surface area contributed by atoms with Crippen molar-refractivity contribution in [3.63, 3.8) is 0 Å². The molecule has 0 N–H and O–H groups in total. The Bertz CT molecular complexity index is 562. The minimum absolute atomic E-state index is 0.0187. The highest BCUT2D eigenvalue weighted by molar-refractivity contribution is 5.94. The van der Waals surface area contributed by atoms with Crippen LogP contribution >= 0.6 is 0 Å². The van der Waals surface area contributed by atoms with Crippen molar-refractivity contribution in [2.45, 2.75) is 13.8 Å². The average molecular weight is 232 g/mol. The Kier molecular flexibility index (Phi) is 2.86. The molecule has 0 aromatic carbocycles. The van der Waals surface area contributed by atoms with Gasteiger partial charge in [-0.2, -0.15) is 5.10 Å². The van der Waals surface area contributed by atoms with Crippen molar-refractivity contribution in [1.82, 2.24) is 19.7 Å². The van der Waals surface area contributed by atoms with Gasteiger partial charge in [0.1, 0.15) is 6.33 Å². The fourth-order valence-corrected chi connectivity index (χ4v) is 1.54. The molecule has 2 aromatic rings. The van der Waals surface area contributed by atoms with E-state index in [4.69, 9.17) is 4.74 Å². The number of hydrogen-bond donors (Lipinski definition) is 0. The molecule has 0 aliphatic rings. The summed E-state index contributed by atoms with van der Waals surface area (Å²) >= 11 is 0. The molecular formula is C11H12N4O2. The SMILES string of the molecule is COc1cc(-n2ncc(C(C)=O)c2C)ncn1. The van der Waals surface area contributed by atoms with Crippen LogP contribution in [-0.4, -0.2) is 32.6 Å². The summed E-state index contributed by atoms with van der Waals surface area (Å²) in [7, 11) is 1.53. The summed E-state index contributed by atoms with van der Waals surface area (Å²) in [5.41, 5.74) is 1.33. The molecule has 6 heteroatoms. The largest absolute Gasteiger partial charge is 0.481 e. The number of carbonyl (C=O) groups excluding carboxylic acids is 1. The summed E-state index contributed by atoms with van der Waals surface area (Å²) in [6.45, 7) is 3.33. The first-order valence-corrected chi connectivity index (χ1v) is 5.05. The number of aromatic nitrogens is 4. The van der Waals surface area contributed by atoms with Gasteiger partial charge < -0.3 is 4.74 Å². The molecule has 0 saturated carbocycles. The van der Waals surface area contributed by atoms with Crippen molar-refractivity contribution in [2.75, 3.05) is 7.11 Å². The third kappa shape index (κ3) is 2.01. The Balaban J connectivity index is 2.49. The van der Waals surface area contributed by atoms with E-state index in [-0.39, 0.29) is 5.78 Å². The zero-order valence-corrected chi connectivity index (χ0v) is 9.84. The van der Waals surface area contributed by atoms with E-state index in [1.807, 2.05) is 6.92 Å². The molecule has 0 radical (unpaired) electrons. The highest BCUT2D eigenvalue weighted by atomic mass is 16.5. The minimum Gasteiger partial charge on any atom is -0.481 e. The van der Waals surface area contributed by atoms with E-state index in [2.05, 4.69) is 15.1 Å². The van der Waals surface area contributed by atoms with Gasteiger partial charge in [0.05, 0.1) is 24.6 Å². The van der Waals surface area contributed by atoms with Gasteiger partial charge in [-0.3, -0.25) is 4.79 Å². The first kappa shape index (κ1) is 11.3. The molecule has 2 aromatic heterocycles. The molecular weight excluding hydrogens is 220 g/mol. The predicted octanol–water partition coefficient (Wildman–Crippen LogP) is 1.18. The van der Waals surface area contributed by atoms with Gasteiger partial charge in [-0.25, -0.2) is 14.6 Å². The molecule has 0 aliphatic heterocycles. The van der Waals surface area contributed by atoms with Gasteiger partial charge in [-0.05, 0) is 13.8 Å². The Morgan fingerprint density at radius 3 is 2.76 bits per heavy atom. The fraction of sp³-hybridized carbons (Fsp3) is 0.273. The van der Waals surface area contributed by atoms with E-state index in [1.165, 1.54) is 26.6 Å². The molecule has 0 fully saturated rings. The molecule has 2 rings (SSSR count). The van der Waals surface area contributed by atoms with Crippen molar-refractivity contribution in [3.05, 3.63) is 29.8 Å². The van der Waals surface area contributed by atoms with Crippen LogP contribution in [0.15, 0.2) is 18.6 Å². The van der Waals surface area contributed by atoms with Gasteiger partial charge in [0, 0.05) is 6.07 Å². The van der Waals surface area contributed by atoms with E-state index < -0.39 is 0 Å². The maximum atomic E-state index is 11.3. The third-order valence-corrected chi connectivity index (χ3v) is 2.44. The maximum absolute atomic E-state index is 11.3. The Morgan fingerprint density at radius 2 is 2.18 bits per heavy atom. The molecule has 0 saturated heterocycles. The molecule has 17 heavy (non-hydrogen) atoms. The zero-order valence-electron chi connectivity index (χ0n) is 9.84. The lowest BCUT2D eigenvalue weighted by Crippen LogP contribution is -2.04. The molecule has 0 aliphatic carbocycles. The number of nitrogens with zero attached hydrogens (tertiary/aromatic N) is 4. The van der Waals surface area contributed by atoms with Crippen LogP contribution in [0.4, 0.5) is 0 Å². The number of hydrogen-bond acceptors (Lipinski definition) is 5. The summed E-state index contributed by atoms with van der Waals surface area (Å²) < 4.78 is 6.60. The standard InChI is InChI=1S/C11H12N4O2/c1-7-9(8(2)16)5-14-15(7)10-4-11(17-3)13-6-12-10/h4-6H,1-3H3. The zero-order chi connectivity index (χ0) is 12.4. The molecule has 0 spiro atoms. The second kappa shape index (κ2) is 4.32. The summed E-state index contributed by atoms with van der Waals surface area (Å²) in [5.74, 6) is 1.01. The van der Waals surface area contributed by atoms with E-state index >= 15 is 0 Å². The molecule has 0 bridgehead atoms. The van der Waals surface area contributed by atoms with Gasteiger partial charge in [-0.1, -0.05) is 0 Å². The smallest absolute Gasteiger partial charge is 0.218 e. The number of carbonyl (C=O) groups is 1. The predicted molar refractivity (Wildman–Crippen MR) is 60.4 cm³/mol. The highest BCUT2D eigenvalue weighted by Crippen LogP contribution is 2.15. The molecule has 6 nitrogen and oxygen atoms in total. The number of Topliss-reactive ketones (excluding diaryl/α,β-unsaturated/α-hetero) is 1. The van der Waals surface area contributed by atoms with Crippen molar-refractivity contribution >= 4 is 5.78 Å². The van der Waals surface area contributed by atoms with E-state index in [1.54, 1.807) is 10.7 Å². The van der Waals surface area contributed by atoms with Crippen LogP contribution in [0.2, 0.25) is 0 Å². The van der Waals surface area contributed by atoms with Crippen molar-refractivity contribution in [1.29, 1.82) is 0 Å². The summed E-state index contributed by atoms with van der Waals surface area (Å²) in [5, 5.41) is 4.13. The topological polar surface area (TPSA) is 69.9 Å². The molecule has 0 unspecified atom stereocenters. The Labute approximate surface area is 98.3 Å². The van der Waals surface area contributed by atoms with Gasteiger partial charge in [0.2, 0.25) is 5.88 Å². The van der Waals surface area contributed by atoms with Crippen LogP contribution in [-0.2, 0) is 0 Å². The number of rotatable bonds is 3. The molecule has 2 heterocycles. The molecule has 88 valence electrons. The van der Waals surface area contributed by atoms with Crippen LogP contribution in [0.1, 0.15) is 23.0 Å². The minimum atomic E-state index is -0.0187. The lowest BCUT2D eigenvalue weighted by molar-refractivity contribution is 0.101. The van der Waals surface area contributed by atoms with E-state index in [9.17, 15) is 4.79 Å². The van der Waals surface area contributed by atoms with Crippen LogP contribution < -0.4 is 4.74 Å². The second-order valence-corrected chi connectivity index (χ2v) is 3.53. The number of ether oxygens (including phenoxy) is 1. The summed E-state index contributed by atoms with van der Waals surface area (Å²) in [4.78, 5) is 19.3. The van der Waals surface area contributed by atoms with Gasteiger partial charge >= 0.3 is 0 Å². The summed E-state index contributed by atoms with van der Waals surface area (Å²) in [6.07, 6.45) is 2.93. The van der Waals surface area contributed by atoms with Crippen LogP contribution in [0.3, 0.4) is 0 Å². The van der Waals surface area contributed by atoms with Crippen LogP contribution in [0.5, 0.6) is 5.88 Å². The third-order valence-electron chi connectivity index (χ3n) is 2.44. The van der Waals surface area contributed by atoms with Gasteiger partial charge in [0.25, 0.3) is 0 Å². The molecule has 0 atom stereocenters. The normalized spacial score (nSPS) is 10.3. The lowest BCUT2D eigenvalue weighted by atomic mass is 10.2. The van der Waals surface area contributed by atoms with E-state index in [0.29, 0.717) is 17.3 Å². The van der Waals surface area contributed by atoms with Gasteiger partial charge in [0.15, 0.2) is 11.6 Å². The fourth-order valence-electron chi connectivity index (χ4n) is 1.54. The lowest BCUT2D eigenvalue weighted by Gasteiger charge is -2.04. The van der Waals surface area contributed by atoms with Crippen LogP contribution in [0, 0.1) is 6.92 Å².